The predicted molar refractivity (Wildman–Crippen MR) is 23.2 cm³/mol. The van der Waals surface area contributed by atoms with E-state index >= 15 is 0 Å². The molecule has 0 radical (unpaired) electrons. The zero-order chi connectivity index (χ0) is 8.73. The van der Waals surface area contributed by atoms with Crippen LogP contribution in [0.4, 0.5) is 8.63 Å². The Kier molecular flexibility index (Phi) is 14.4. The minimum Gasteiger partial charge on any atom is -0.824 e. The van der Waals surface area contributed by atoms with Crippen LogP contribution in [0.3, 0.4) is 0 Å². The van der Waals surface area contributed by atoms with Gasteiger partial charge in [0.05, 0.1) is 0 Å². The number of aliphatic carboxylic acids is 2. The second-order valence-corrected chi connectivity index (χ2v) is 0.871. The molecule has 0 aliphatic heterocycles. The number of carboxylic acid groups (broad SMARTS) is 2. The quantitative estimate of drug-likeness (QED) is 0.276. The standard InChI is InChI=1S/C2H2O4.BF2O.Li/c3-1(4)2(5)6;2-1(3)4;/h(H,3,4)(H,5,6);;/q;-1;+1. The van der Waals surface area contributed by atoms with Crippen LogP contribution in [0.15, 0.2) is 0 Å². The third-order valence-corrected chi connectivity index (χ3v) is 0.183. The van der Waals surface area contributed by atoms with Crippen LogP contribution in [0, 0.1) is 0 Å². The maximum absolute atomic E-state index is 9.78. The number of hydrogen-bond acceptors (Lipinski definition) is 3. The van der Waals surface area contributed by atoms with Gasteiger partial charge < -0.3 is 23.9 Å². The van der Waals surface area contributed by atoms with Gasteiger partial charge in [0, 0.05) is 0 Å². The van der Waals surface area contributed by atoms with E-state index in [4.69, 9.17) is 24.8 Å². The van der Waals surface area contributed by atoms with Crippen molar-refractivity contribution in [3.8, 4) is 0 Å². The number of carbonyl (C=O) groups is 2. The van der Waals surface area contributed by atoms with E-state index in [1.807, 2.05) is 0 Å². The molecule has 0 aromatic carbocycles. The van der Waals surface area contributed by atoms with Crippen molar-refractivity contribution in [2.24, 2.45) is 0 Å². The zero-order valence-corrected chi connectivity index (χ0v) is 5.45. The number of halogens is 2. The Bertz CT molecular complexity index is 115. The van der Waals surface area contributed by atoms with Gasteiger partial charge in [0.2, 0.25) is 0 Å². The molecule has 0 aliphatic carbocycles. The van der Waals surface area contributed by atoms with Crippen molar-refractivity contribution in [3.63, 3.8) is 0 Å². The number of carboxylic acids is 2. The van der Waals surface area contributed by atoms with E-state index < -0.39 is 19.4 Å². The molecule has 0 saturated carbocycles. The number of hydrogen-bond donors (Lipinski definition) is 2. The molecule has 0 heterocycles. The van der Waals surface area contributed by atoms with Crippen LogP contribution in [-0.4, -0.2) is 29.6 Å². The molecule has 58 valence electrons. The fourth-order valence-corrected chi connectivity index (χ4v) is 0. The Morgan fingerprint density at radius 1 is 1.18 bits per heavy atom. The molecule has 0 spiro atoms. The van der Waals surface area contributed by atoms with Crippen LogP contribution in [0.25, 0.3) is 0 Å². The Morgan fingerprint density at radius 3 is 1.27 bits per heavy atom. The van der Waals surface area contributed by atoms with Crippen LogP contribution < -0.4 is 23.9 Å². The van der Waals surface area contributed by atoms with Crippen LogP contribution in [0.5, 0.6) is 0 Å². The monoisotopic (exact) mass is 162 g/mol. The third kappa shape index (κ3) is 44.3. The summed E-state index contributed by atoms with van der Waals surface area (Å²) in [6.07, 6.45) is 0. The van der Waals surface area contributed by atoms with E-state index in [1.54, 1.807) is 0 Å². The van der Waals surface area contributed by atoms with E-state index in [-0.39, 0.29) is 18.9 Å². The summed E-state index contributed by atoms with van der Waals surface area (Å²) in [5.41, 5.74) is 0. The van der Waals surface area contributed by atoms with Gasteiger partial charge in [0.25, 0.3) is 0 Å². The topological polar surface area (TPSA) is 97.7 Å². The minimum atomic E-state index is -3.42. The summed E-state index contributed by atoms with van der Waals surface area (Å²) in [4.78, 5) is 18.2. The summed E-state index contributed by atoms with van der Waals surface area (Å²) in [7, 11) is -3.42. The summed E-state index contributed by atoms with van der Waals surface area (Å²) >= 11 is 0. The van der Waals surface area contributed by atoms with E-state index in [0.717, 1.165) is 0 Å². The average molecular weight is 162 g/mol. The summed E-state index contributed by atoms with van der Waals surface area (Å²) in [6.45, 7) is 0. The van der Waals surface area contributed by atoms with Gasteiger partial charge in [0.1, 0.15) is 0 Å². The molecule has 5 nitrogen and oxygen atoms in total. The molecule has 0 bridgehead atoms. The van der Waals surface area contributed by atoms with E-state index in [9.17, 15) is 8.63 Å². The van der Waals surface area contributed by atoms with Gasteiger partial charge in [-0.25, -0.2) is 9.59 Å². The van der Waals surface area contributed by atoms with Crippen LogP contribution in [0.2, 0.25) is 0 Å². The molecule has 0 aromatic rings. The van der Waals surface area contributed by atoms with Gasteiger partial charge in [-0.15, -0.1) is 0 Å². The molecular weight excluding hydrogens is 160 g/mol. The predicted octanol–water partition coefficient (Wildman–Crippen LogP) is -4.57. The molecule has 0 aliphatic rings. The summed E-state index contributed by atoms with van der Waals surface area (Å²) in [6, 6.07) is 0. The van der Waals surface area contributed by atoms with Gasteiger partial charge >= 0.3 is 38.3 Å². The van der Waals surface area contributed by atoms with Crippen LogP contribution in [0.1, 0.15) is 0 Å². The second-order valence-electron chi connectivity index (χ2n) is 0.871. The fraction of sp³-hybridized carbons (Fsp3) is 0. The Balaban J connectivity index is -0.000000114. The fourth-order valence-electron chi connectivity index (χ4n) is 0. The molecule has 0 atom stereocenters. The van der Waals surface area contributed by atoms with Gasteiger partial charge in [-0.1, -0.05) is 0 Å². The first-order valence-electron chi connectivity index (χ1n) is 1.78. The van der Waals surface area contributed by atoms with Gasteiger partial charge in [-0.2, -0.15) is 0 Å². The molecule has 9 heteroatoms. The van der Waals surface area contributed by atoms with Crippen molar-refractivity contribution in [2.75, 3.05) is 0 Å². The smallest absolute Gasteiger partial charge is 0.824 e. The molecular formula is C2H2BF2LiO5. The van der Waals surface area contributed by atoms with E-state index in [0.29, 0.717) is 0 Å². The molecule has 2 N–H and O–H groups in total. The van der Waals surface area contributed by atoms with Crippen molar-refractivity contribution in [1.29, 1.82) is 0 Å². The van der Waals surface area contributed by atoms with Crippen LogP contribution in [-0.2, 0) is 9.59 Å². The summed E-state index contributed by atoms with van der Waals surface area (Å²) in [5, 5.41) is 23.0. The van der Waals surface area contributed by atoms with Crippen LogP contribution >= 0.6 is 0 Å². The zero-order valence-electron chi connectivity index (χ0n) is 5.45. The summed E-state index contributed by atoms with van der Waals surface area (Å²) < 4.78 is 19.6. The first-order valence-corrected chi connectivity index (χ1v) is 1.78. The Hall–Kier alpha value is -0.578. The summed E-state index contributed by atoms with van der Waals surface area (Å²) in [5.74, 6) is -3.65. The van der Waals surface area contributed by atoms with E-state index in [2.05, 4.69) is 0 Å². The second kappa shape index (κ2) is 9.42. The molecule has 0 saturated heterocycles. The van der Waals surface area contributed by atoms with E-state index in [1.165, 1.54) is 0 Å². The maximum Gasteiger partial charge on any atom is 1.00 e. The first-order chi connectivity index (χ1) is 4.37. The van der Waals surface area contributed by atoms with Crippen molar-refractivity contribution in [2.45, 2.75) is 0 Å². The first kappa shape index (κ1) is 16.8. The van der Waals surface area contributed by atoms with Gasteiger partial charge in [0.15, 0.2) is 0 Å². The SMILES string of the molecule is O=C(O)C(=O)O.[Li+].[O-]B(F)F. The third-order valence-electron chi connectivity index (χ3n) is 0.183. The van der Waals surface area contributed by atoms with Crippen molar-refractivity contribution in [3.05, 3.63) is 0 Å². The molecule has 0 rings (SSSR count). The maximum atomic E-state index is 9.78. The number of rotatable bonds is 0. The van der Waals surface area contributed by atoms with Crippen molar-refractivity contribution >= 4 is 19.4 Å². The molecule has 11 heavy (non-hydrogen) atoms. The molecule has 0 fully saturated rings. The molecule has 0 amide bonds. The normalized spacial score (nSPS) is 6.45. The van der Waals surface area contributed by atoms with Crippen molar-refractivity contribution < 1.29 is 52.3 Å². The van der Waals surface area contributed by atoms with Crippen molar-refractivity contribution in [1.82, 2.24) is 0 Å². The minimum absolute atomic E-state index is 0. The molecule has 0 unspecified atom stereocenters. The van der Waals surface area contributed by atoms with Gasteiger partial charge in [-0.05, 0) is 0 Å². The molecule has 0 aromatic heterocycles. The van der Waals surface area contributed by atoms with Gasteiger partial charge in [-0.3, -0.25) is 0 Å². The largest absolute Gasteiger partial charge is 1.00 e. The Morgan fingerprint density at radius 2 is 1.27 bits per heavy atom. The average Bonchev–Trinajstić information content (AvgIpc) is 1.63. The Labute approximate surface area is 72.4 Å².